The summed E-state index contributed by atoms with van der Waals surface area (Å²) < 4.78 is 0. The number of piperidine rings is 3. The van der Waals surface area contributed by atoms with E-state index in [1.807, 2.05) is 0 Å². The Balaban J connectivity index is 1.41. The molecule has 6 nitrogen and oxygen atoms in total. The lowest BCUT2D eigenvalue weighted by Crippen LogP contribution is -2.69. The quantitative estimate of drug-likeness (QED) is 0.738. The molecule has 5 rings (SSSR count). The molecule has 5 aliphatic rings. The zero-order chi connectivity index (χ0) is 14.6. The van der Waals surface area contributed by atoms with Crippen LogP contribution in [0.25, 0.3) is 0 Å². The summed E-state index contributed by atoms with van der Waals surface area (Å²) >= 11 is 0. The average Bonchev–Trinajstić information content (AvgIpc) is 2.68. The maximum Gasteiger partial charge on any atom is 0.240 e. The smallest absolute Gasteiger partial charge is 0.240 e. The van der Waals surface area contributed by atoms with Gasteiger partial charge in [-0.2, -0.15) is 0 Å². The normalized spacial score (nSPS) is 44.4. The van der Waals surface area contributed by atoms with E-state index in [-0.39, 0.29) is 23.9 Å². The molecule has 116 valence electrons. The van der Waals surface area contributed by atoms with E-state index >= 15 is 0 Å². The summed E-state index contributed by atoms with van der Waals surface area (Å²) in [6.45, 7) is 3.30. The summed E-state index contributed by atoms with van der Waals surface area (Å²) in [5.74, 6) is 1.19. The monoisotopic (exact) mass is 293 g/mol. The predicted octanol–water partition coefficient (Wildman–Crippen LogP) is -0.472. The number of likely N-dealkylation sites (tertiary alicyclic amines) is 1. The second-order valence-corrected chi connectivity index (χ2v) is 7.44. The molecule has 0 spiro atoms. The number of aliphatic hydroxyl groups is 1. The second kappa shape index (κ2) is 4.68. The molecular weight excluding hydrogens is 270 g/mol. The van der Waals surface area contributed by atoms with Gasteiger partial charge < -0.3 is 20.2 Å². The van der Waals surface area contributed by atoms with Crippen molar-refractivity contribution in [2.45, 2.75) is 43.9 Å². The number of nitrogens with zero attached hydrogens (tertiary/aromatic N) is 2. The Hall–Kier alpha value is -1.14. The molecule has 1 saturated carbocycles. The van der Waals surface area contributed by atoms with Crippen molar-refractivity contribution in [2.24, 2.45) is 11.8 Å². The van der Waals surface area contributed by atoms with Gasteiger partial charge in [-0.25, -0.2) is 0 Å². The Morgan fingerprint density at radius 2 is 2.05 bits per heavy atom. The van der Waals surface area contributed by atoms with Gasteiger partial charge in [-0.15, -0.1) is 0 Å². The number of carbonyl (C=O) groups is 2. The minimum atomic E-state index is -0.789. The summed E-state index contributed by atoms with van der Waals surface area (Å²) in [6.07, 6.45) is 3.44. The number of aliphatic hydroxyl groups excluding tert-OH is 1. The molecule has 2 N–H and O–H groups in total. The van der Waals surface area contributed by atoms with Crippen LogP contribution in [0.15, 0.2) is 0 Å². The zero-order valence-corrected chi connectivity index (χ0v) is 12.3. The van der Waals surface area contributed by atoms with Crippen LogP contribution < -0.4 is 5.32 Å². The zero-order valence-electron chi connectivity index (χ0n) is 12.3. The van der Waals surface area contributed by atoms with Gasteiger partial charge in [-0.05, 0) is 31.1 Å². The maximum atomic E-state index is 12.3. The molecule has 4 bridgehead atoms. The van der Waals surface area contributed by atoms with Crippen LogP contribution in [0.2, 0.25) is 0 Å². The first-order valence-corrected chi connectivity index (χ1v) is 8.04. The van der Waals surface area contributed by atoms with Gasteiger partial charge in [-0.3, -0.25) is 9.59 Å². The van der Waals surface area contributed by atoms with Gasteiger partial charge in [0.1, 0.15) is 12.8 Å². The molecule has 21 heavy (non-hydrogen) atoms. The van der Waals surface area contributed by atoms with Crippen molar-refractivity contribution in [3.05, 3.63) is 0 Å². The molecule has 4 heterocycles. The molecule has 0 radical (unpaired) electrons. The van der Waals surface area contributed by atoms with Gasteiger partial charge in [0.25, 0.3) is 0 Å². The fourth-order valence-electron chi connectivity index (χ4n) is 5.14. The number of nitrogens with one attached hydrogen (secondary N) is 1. The first kappa shape index (κ1) is 13.5. The number of hydrogen-bond acceptors (Lipinski definition) is 4. The fraction of sp³-hybridized carbons (Fsp3) is 0.867. The highest BCUT2D eigenvalue weighted by atomic mass is 16.3. The number of carbonyl (C=O) groups excluding carboxylic acids is 2. The lowest BCUT2D eigenvalue weighted by Gasteiger charge is -2.58. The highest BCUT2D eigenvalue weighted by Gasteiger charge is 2.51. The Kier molecular flexibility index (Phi) is 3.01. The van der Waals surface area contributed by atoms with Crippen LogP contribution in [0, 0.1) is 11.8 Å². The average molecular weight is 293 g/mol. The SMILES string of the molecule is O=C(CN1C(=O)CCC1O)N[C@@]12C[C@@H]3C[C@@H](C[N@](C3)C1)C2. The topological polar surface area (TPSA) is 72.9 Å². The fourth-order valence-corrected chi connectivity index (χ4v) is 5.14. The van der Waals surface area contributed by atoms with Crippen LogP contribution in [0.3, 0.4) is 0 Å². The molecule has 4 aliphatic heterocycles. The van der Waals surface area contributed by atoms with Crippen LogP contribution in [0.5, 0.6) is 0 Å². The summed E-state index contributed by atoms with van der Waals surface area (Å²) in [6, 6.07) is 0. The summed E-state index contributed by atoms with van der Waals surface area (Å²) in [7, 11) is 0. The molecule has 2 amide bonds. The van der Waals surface area contributed by atoms with Crippen LogP contribution in [0.4, 0.5) is 0 Å². The minimum absolute atomic E-state index is 0.00289. The molecule has 0 aromatic heterocycles. The van der Waals surface area contributed by atoms with E-state index in [2.05, 4.69) is 10.2 Å². The molecule has 6 heteroatoms. The van der Waals surface area contributed by atoms with Crippen LogP contribution in [0.1, 0.15) is 32.1 Å². The van der Waals surface area contributed by atoms with Crippen LogP contribution >= 0.6 is 0 Å². The van der Waals surface area contributed by atoms with Crippen LogP contribution in [-0.2, 0) is 9.59 Å². The number of amides is 2. The van der Waals surface area contributed by atoms with Crippen molar-refractivity contribution >= 4 is 11.8 Å². The van der Waals surface area contributed by atoms with Gasteiger partial charge in [0, 0.05) is 32.5 Å². The van der Waals surface area contributed by atoms with E-state index in [1.165, 1.54) is 24.4 Å². The van der Waals surface area contributed by atoms with Crippen molar-refractivity contribution in [1.29, 1.82) is 0 Å². The predicted molar refractivity (Wildman–Crippen MR) is 75.1 cm³/mol. The number of rotatable bonds is 3. The molecular formula is C15H23N3O3. The lowest BCUT2D eigenvalue weighted by atomic mass is 9.64. The van der Waals surface area contributed by atoms with E-state index < -0.39 is 6.23 Å². The van der Waals surface area contributed by atoms with Gasteiger partial charge in [0.15, 0.2) is 0 Å². The first-order chi connectivity index (χ1) is 10.0. The van der Waals surface area contributed by atoms with E-state index in [0.29, 0.717) is 24.7 Å². The second-order valence-electron chi connectivity index (χ2n) is 7.44. The highest BCUT2D eigenvalue weighted by Crippen LogP contribution is 2.45. The van der Waals surface area contributed by atoms with Crippen molar-refractivity contribution in [2.75, 3.05) is 26.2 Å². The molecule has 0 aromatic carbocycles. The Bertz CT molecular complexity index is 444. The minimum Gasteiger partial charge on any atom is -0.373 e. The lowest BCUT2D eigenvalue weighted by molar-refractivity contribution is -0.141. The standard InChI is InChI=1S/C15H23N3O3/c19-12(8-18-13(20)1-2-14(18)21)16-15-4-10-3-11(5-15)7-17(6-10)9-15/h10-11,13,20H,1-9H2,(H,16,19)/t10-,11+,13?,15+. The van der Waals surface area contributed by atoms with Gasteiger partial charge in [0.2, 0.25) is 11.8 Å². The van der Waals surface area contributed by atoms with Gasteiger partial charge in [-0.1, -0.05) is 0 Å². The third-order valence-electron chi connectivity index (χ3n) is 5.60. The molecule has 5 fully saturated rings. The molecule has 5 atom stereocenters. The van der Waals surface area contributed by atoms with Gasteiger partial charge >= 0.3 is 0 Å². The van der Waals surface area contributed by atoms with Crippen molar-refractivity contribution in [3.8, 4) is 0 Å². The van der Waals surface area contributed by atoms with Crippen molar-refractivity contribution < 1.29 is 14.7 Å². The Morgan fingerprint density at radius 3 is 2.62 bits per heavy atom. The maximum absolute atomic E-state index is 12.3. The summed E-state index contributed by atoms with van der Waals surface area (Å²) in [5.41, 5.74) is -0.0884. The number of hydrogen-bond donors (Lipinski definition) is 2. The largest absolute Gasteiger partial charge is 0.373 e. The Morgan fingerprint density at radius 1 is 1.33 bits per heavy atom. The van der Waals surface area contributed by atoms with E-state index in [4.69, 9.17) is 0 Å². The first-order valence-electron chi connectivity index (χ1n) is 8.04. The third-order valence-corrected chi connectivity index (χ3v) is 5.60. The van der Waals surface area contributed by atoms with E-state index in [9.17, 15) is 14.7 Å². The third kappa shape index (κ3) is 2.34. The molecule has 1 aliphatic carbocycles. The van der Waals surface area contributed by atoms with E-state index in [0.717, 1.165) is 19.4 Å². The molecule has 1 unspecified atom stereocenters. The molecule has 4 saturated heterocycles. The van der Waals surface area contributed by atoms with Crippen molar-refractivity contribution in [1.82, 2.24) is 15.1 Å². The molecule has 0 aromatic rings. The van der Waals surface area contributed by atoms with Crippen LogP contribution in [-0.4, -0.2) is 64.7 Å². The highest BCUT2D eigenvalue weighted by molar-refractivity contribution is 5.86. The van der Waals surface area contributed by atoms with E-state index in [1.54, 1.807) is 0 Å². The summed E-state index contributed by atoms with van der Waals surface area (Å²) in [5, 5.41) is 13.0. The van der Waals surface area contributed by atoms with Crippen molar-refractivity contribution in [3.63, 3.8) is 0 Å². The Labute approximate surface area is 124 Å². The summed E-state index contributed by atoms with van der Waals surface area (Å²) in [4.78, 5) is 27.8. The van der Waals surface area contributed by atoms with Gasteiger partial charge in [0.05, 0.1) is 5.54 Å².